The third kappa shape index (κ3) is 4.00. The van der Waals surface area contributed by atoms with Crippen molar-refractivity contribution in [3.63, 3.8) is 0 Å². The van der Waals surface area contributed by atoms with Crippen molar-refractivity contribution in [2.45, 2.75) is 18.2 Å². The van der Waals surface area contributed by atoms with Crippen LogP contribution in [0.2, 0.25) is 0 Å². The van der Waals surface area contributed by atoms with Crippen LogP contribution in [0.25, 0.3) is 0 Å². The number of nitrogens with zero attached hydrogens (tertiary/aromatic N) is 2. The number of rotatable bonds is 4. The van der Waals surface area contributed by atoms with Crippen molar-refractivity contribution in [2.24, 2.45) is 4.99 Å². The average molecular weight is 337 g/mol. The van der Waals surface area contributed by atoms with Gasteiger partial charge in [-0.15, -0.1) is 0 Å². The third-order valence-corrected chi connectivity index (χ3v) is 3.69. The van der Waals surface area contributed by atoms with Gasteiger partial charge in [-0.1, -0.05) is 30.3 Å². The maximum Gasteiger partial charge on any atom is 0.335 e. The summed E-state index contributed by atoms with van der Waals surface area (Å²) < 4.78 is 0. The molecule has 0 bridgehead atoms. The van der Waals surface area contributed by atoms with Gasteiger partial charge in [0.15, 0.2) is 18.2 Å². The first-order chi connectivity index (χ1) is 11.4. The molecule has 3 atom stereocenters. The molecule has 3 rings (SSSR count). The Kier molecular flexibility index (Phi) is 5.72. The number of nitrogens with one attached hydrogen (secondary N) is 1. The summed E-state index contributed by atoms with van der Waals surface area (Å²) in [5.74, 6) is -2.45. The summed E-state index contributed by atoms with van der Waals surface area (Å²) in [7, 11) is 0. The highest BCUT2D eigenvalue weighted by atomic mass is 16.4. The molecule has 0 aliphatic carbocycles. The first kappa shape index (κ1) is 17.7. The summed E-state index contributed by atoms with van der Waals surface area (Å²) in [6, 6.07) is 11.1. The van der Waals surface area contributed by atoms with Crippen molar-refractivity contribution in [3.8, 4) is 0 Å². The first-order valence-corrected chi connectivity index (χ1v) is 7.33. The predicted molar refractivity (Wildman–Crippen MR) is 83.5 cm³/mol. The van der Waals surface area contributed by atoms with Crippen LogP contribution >= 0.6 is 0 Å². The van der Waals surface area contributed by atoms with Crippen molar-refractivity contribution in [2.75, 3.05) is 19.6 Å². The molecule has 1 saturated heterocycles. The molecule has 0 spiro atoms. The van der Waals surface area contributed by atoms with E-state index >= 15 is 0 Å². The summed E-state index contributed by atoms with van der Waals surface area (Å²) in [5.41, 5.74) is 1.37. The lowest BCUT2D eigenvalue weighted by Crippen LogP contribution is -2.39. The molecule has 3 unspecified atom stereocenters. The van der Waals surface area contributed by atoms with E-state index in [1.807, 2.05) is 0 Å². The predicted octanol–water partition coefficient (Wildman–Crippen LogP) is -1.12. The topological polar surface area (TPSA) is 143 Å². The SMILES string of the molecule is O=C(O)C(O)C(O)C(=O)O.c1ccc(C2CN=C3NCCN32)cc1. The summed E-state index contributed by atoms with van der Waals surface area (Å²) in [4.78, 5) is 26.4. The smallest absolute Gasteiger partial charge is 0.335 e. The maximum absolute atomic E-state index is 9.77. The van der Waals surface area contributed by atoms with Gasteiger partial charge in [-0.2, -0.15) is 0 Å². The van der Waals surface area contributed by atoms with Crippen molar-refractivity contribution >= 4 is 17.9 Å². The molecule has 24 heavy (non-hydrogen) atoms. The highest BCUT2D eigenvalue weighted by molar-refractivity contribution is 5.84. The fourth-order valence-electron chi connectivity index (χ4n) is 2.45. The van der Waals surface area contributed by atoms with Crippen molar-refractivity contribution in [3.05, 3.63) is 35.9 Å². The Balaban J connectivity index is 0.000000187. The minimum atomic E-state index is -2.27. The van der Waals surface area contributed by atoms with Gasteiger partial charge in [0.05, 0.1) is 12.6 Å². The van der Waals surface area contributed by atoms with E-state index in [2.05, 4.69) is 45.5 Å². The number of hydrogen-bond donors (Lipinski definition) is 5. The van der Waals surface area contributed by atoms with Gasteiger partial charge in [0.25, 0.3) is 0 Å². The third-order valence-electron chi connectivity index (χ3n) is 3.69. The molecule has 9 nitrogen and oxygen atoms in total. The van der Waals surface area contributed by atoms with E-state index in [1.165, 1.54) is 5.56 Å². The zero-order valence-electron chi connectivity index (χ0n) is 12.7. The largest absolute Gasteiger partial charge is 0.479 e. The Morgan fingerprint density at radius 3 is 2.25 bits per heavy atom. The van der Waals surface area contributed by atoms with Crippen LogP contribution in [0.4, 0.5) is 0 Å². The molecule has 0 amide bonds. The van der Waals surface area contributed by atoms with Crippen LogP contribution in [0.1, 0.15) is 11.6 Å². The molecule has 130 valence electrons. The second-order valence-corrected chi connectivity index (χ2v) is 5.28. The molecule has 5 N–H and O–H groups in total. The number of hydrogen-bond acceptors (Lipinski definition) is 7. The molecule has 2 heterocycles. The van der Waals surface area contributed by atoms with Crippen LogP contribution in [0.15, 0.2) is 35.3 Å². The van der Waals surface area contributed by atoms with E-state index in [4.69, 9.17) is 20.4 Å². The number of fused-ring (bicyclic) bond motifs is 1. The Morgan fingerprint density at radius 1 is 1.12 bits per heavy atom. The number of carboxylic acids is 2. The lowest BCUT2D eigenvalue weighted by atomic mass is 10.1. The number of carbonyl (C=O) groups is 2. The lowest BCUT2D eigenvalue weighted by Gasteiger charge is -2.21. The molecule has 1 fully saturated rings. The number of aliphatic imine (C=N–C) groups is 1. The van der Waals surface area contributed by atoms with Crippen LogP contribution in [0.5, 0.6) is 0 Å². The van der Waals surface area contributed by atoms with E-state index < -0.39 is 24.1 Å². The van der Waals surface area contributed by atoms with Gasteiger partial charge in [-0.3, -0.25) is 4.99 Å². The lowest BCUT2D eigenvalue weighted by molar-refractivity contribution is -0.165. The molecule has 1 aromatic rings. The van der Waals surface area contributed by atoms with E-state index in [0.717, 1.165) is 25.6 Å². The molecule has 0 aromatic heterocycles. The van der Waals surface area contributed by atoms with E-state index in [-0.39, 0.29) is 0 Å². The number of carboxylic acid groups (broad SMARTS) is 2. The minimum absolute atomic E-state index is 0.459. The summed E-state index contributed by atoms with van der Waals surface area (Å²) in [6.07, 6.45) is -4.53. The van der Waals surface area contributed by atoms with E-state index in [9.17, 15) is 9.59 Å². The Labute approximate surface area is 137 Å². The number of aliphatic carboxylic acids is 2. The summed E-state index contributed by atoms with van der Waals surface area (Å²) in [6.45, 7) is 3.01. The van der Waals surface area contributed by atoms with Crippen molar-refractivity contribution < 1.29 is 30.0 Å². The van der Waals surface area contributed by atoms with Gasteiger partial charge in [0.1, 0.15) is 0 Å². The van der Waals surface area contributed by atoms with Crippen LogP contribution in [0.3, 0.4) is 0 Å². The highest BCUT2D eigenvalue weighted by Gasteiger charge is 2.31. The van der Waals surface area contributed by atoms with E-state index in [1.54, 1.807) is 0 Å². The molecule has 0 radical (unpaired) electrons. The molecule has 1 aromatic carbocycles. The van der Waals surface area contributed by atoms with Crippen molar-refractivity contribution in [1.29, 1.82) is 0 Å². The molecule has 9 heteroatoms. The number of aliphatic hydroxyl groups is 2. The second kappa shape index (κ2) is 7.75. The summed E-state index contributed by atoms with van der Waals surface area (Å²) in [5, 5.41) is 35.8. The fourth-order valence-corrected chi connectivity index (χ4v) is 2.45. The fraction of sp³-hybridized carbons (Fsp3) is 0.400. The first-order valence-electron chi connectivity index (χ1n) is 7.33. The quantitative estimate of drug-likeness (QED) is 0.465. The normalized spacial score (nSPS) is 20.8. The Hall–Kier alpha value is -2.65. The van der Waals surface area contributed by atoms with Gasteiger partial charge in [0.2, 0.25) is 0 Å². The number of aliphatic hydroxyl groups excluding tert-OH is 2. The molecule has 2 aliphatic rings. The second-order valence-electron chi connectivity index (χ2n) is 5.28. The monoisotopic (exact) mass is 337 g/mol. The Morgan fingerprint density at radius 2 is 1.71 bits per heavy atom. The Bertz CT molecular complexity index is 603. The molecular weight excluding hydrogens is 318 g/mol. The van der Waals surface area contributed by atoms with Gasteiger partial charge < -0.3 is 30.6 Å². The summed E-state index contributed by atoms with van der Waals surface area (Å²) >= 11 is 0. The zero-order valence-corrected chi connectivity index (χ0v) is 12.7. The van der Waals surface area contributed by atoms with Gasteiger partial charge in [0, 0.05) is 13.1 Å². The molecule has 0 saturated carbocycles. The minimum Gasteiger partial charge on any atom is -0.479 e. The average Bonchev–Trinajstić information content (AvgIpc) is 3.18. The number of benzene rings is 1. The van der Waals surface area contributed by atoms with Crippen LogP contribution in [-0.4, -0.2) is 75.1 Å². The van der Waals surface area contributed by atoms with Gasteiger partial charge in [-0.25, -0.2) is 9.59 Å². The zero-order chi connectivity index (χ0) is 17.7. The van der Waals surface area contributed by atoms with Crippen LogP contribution in [0, 0.1) is 0 Å². The maximum atomic E-state index is 9.77. The number of guanidine groups is 1. The van der Waals surface area contributed by atoms with E-state index in [0.29, 0.717) is 6.04 Å². The highest BCUT2D eigenvalue weighted by Crippen LogP contribution is 2.26. The molecular formula is C15H19N3O6. The molecule has 2 aliphatic heterocycles. The van der Waals surface area contributed by atoms with Crippen LogP contribution < -0.4 is 5.32 Å². The standard InChI is InChI=1S/C11H13N3.C4H6O6/c1-2-4-9(5-3-1)10-8-13-11-12-6-7-14(10)11;5-1(3(7)8)2(6)4(9)10/h1-5,10H,6-8H2,(H,12,13);1-2,5-6H,(H,7,8)(H,9,10). The van der Waals surface area contributed by atoms with Gasteiger partial charge in [-0.05, 0) is 5.56 Å². The van der Waals surface area contributed by atoms with Crippen LogP contribution in [-0.2, 0) is 9.59 Å². The van der Waals surface area contributed by atoms with Crippen molar-refractivity contribution in [1.82, 2.24) is 10.2 Å². The van der Waals surface area contributed by atoms with Gasteiger partial charge >= 0.3 is 11.9 Å².